The van der Waals surface area contributed by atoms with E-state index in [2.05, 4.69) is 111 Å². The number of hydrogen-bond donors (Lipinski definition) is 1. The Kier molecular flexibility index (Phi) is 55.4. The molecule has 68 heavy (non-hydrogen) atoms. The summed E-state index contributed by atoms with van der Waals surface area (Å²) in [6, 6.07) is 0. The Bertz CT molecular complexity index is 1300. The summed E-state index contributed by atoms with van der Waals surface area (Å²) < 4.78 is 10.6. The summed E-state index contributed by atoms with van der Waals surface area (Å²) in [6.07, 6.45) is 82.7. The number of carbonyl (C=O) groups excluding carboxylic acids is 2. The molecule has 0 spiro atoms. The van der Waals surface area contributed by atoms with Gasteiger partial charge in [-0.1, -0.05) is 265 Å². The molecule has 0 heterocycles. The predicted molar refractivity (Wildman–Crippen MR) is 297 cm³/mol. The minimum atomic E-state index is -0.785. The summed E-state index contributed by atoms with van der Waals surface area (Å²) in [5.41, 5.74) is 0. The Morgan fingerprint density at radius 1 is 0.338 bits per heavy atom. The van der Waals surface area contributed by atoms with E-state index in [4.69, 9.17) is 9.47 Å². The van der Waals surface area contributed by atoms with Gasteiger partial charge in [-0.05, 0) is 89.9 Å². The fourth-order valence-corrected chi connectivity index (χ4v) is 8.13. The van der Waals surface area contributed by atoms with Gasteiger partial charge in [0.15, 0.2) is 6.10 Å². The van der Waals surface area contributed by atoms with E-state index in [1.807, 2.05) is 0 Å². The molecule has 5 heteroatoms. The van der Waals surface area contributed by atoms with Crippen molar-refractivity contribution in [2.75, 3.05) is 13.2 Å². The van der Waals surface area contributed by atoms with Crippen molar-refractivity contribution < 1.29 is 24.2 Å². The first kappa shape index (κ1) is 64.8. The van der Waals surface area contributed by atoms with Crippen LogP contribution in [0.5, 0.6) is 0 Å². The van der Waals surface area contributed by atoms with Crippen LogP contribution in [0.4, 0.5) is 0 Å². The lowest BCUT2D eigenvalue weighted by Gasteiger charge is -2.15. The Morgan fingerprint density at radius 3 is 0.897 bits per heavy atom. The molecule has 0 aromatic heterocycles. The van der Waals surface area contributed by atoms with Crippen molar-refractivity contribution in [1.82, 2.24) is 0 Å². The van der Waals surface area contributed by atoms with Gasteiger partial charge in [0, 0.05) is 12.8 Å². The van der Waals surface area contributed by atoms with E-state index in [0.29, 0.717) is 12.8 Å². The van der Waals surface area contributed by atoms with Crippen LogP contribution in [0.25, 0.3) is 0 Å². The Morgan fingerprint density at radius 2 is 0.588 bits per heavy atom. The number of ether oxygens (including phenoxy) is 2. The van der Waals surface area contributed by atoms with E-state index in [0.717, 1.165) is 96.3 Å². The Hall–Kier alpha value is -3.18. The topological polar surface area (TPSA) is 72.8 Å². The van der Waals surface area contributed by atoms with Crippen LogP contribution >= 0.6 is 0 Å². The molecule has 1 unspecified atom stereocenters. The molecule has 0 amide bonds. The van der Waals surface area contributed by atoms with Gasteiger partial charge >= 0.3 is 11.9 Å². The number of aliphatic hydroxyl groups excluding tert-OH is 1. The molecule has 0 aromatic rings. The van der Waals surface area contributed by atoms with Crippen molar-refractivity contribution in [3.63, 3.8) is 0 Å². The molecular weight excluding hydrogens is 837 g/mol. The molecule has 0 fully saturated rings. The van der Waals surface area contributed by atoms with Crippen LogP contribution in [0.15, 0.2) is 97.2 Å². The summed E-state index contributed by atoms with van der Waals surface area (Å²) in [5, 5.41) is 9.61. The van der Waals surface area contributed by atoms with Crippen LogP contribution in [0.3, 0.4) is 0 Å². The summed E-state index contributed by atoms with van der Waals surface area (Å²) >= 11 is 0. The molecule has 1 N–H and O–H groups in total. The number of aliphatic hydroxyl groups is 1. The van der Waals surface area contributed by atoms with Gasteiger partial charge in [0.25, 0.3) is 0 Å². The molecule has 0 saturated carbocycles. The number of hydrogen-bond acceptors (Lipinski definition) is 5. The molecule has 1 atom stereocenters. The fourth-order valence-electron chi connectivity index (χ4n) is 8.13. The van der Waals surface area contributed by atoms with Crippen LogP contribution in [0.2, 0.25) is 0 Å². The van der Waals surface area contributed by atoms with Gasteiger partial charge < -0.3 is 14.6 Å². The molecule has 0 bridgehead atoms. The standard InChI is InChI=1S/C63H108O5/c1-3-5-7-9-11-13-15-17-18-19-20-21-22-23-24-25-26-27-28-29-30-31-32-33-34-35-36-37-38-39-40-41-42-43-44-46-48-50-52-54-56-58-63(66)68-61(59-64)60-67-62(65)57-55-53-51-49-47-45-16-14-12-10-8-6-4-2/h5-8,11-14,17-18,20-21,23-24,45,47,61,64H,3-4,9-10,15-16,19,22,25-44,46,48-60H2,1-2H3/b7-5-,8-6-,13-11-,14-12-,18-17-,21-20-,24-23-,47-45-. The summed E-state index contributed by atoms with van der Waals surface area (Å²) in [4.78, 5) is 24.4. The van der Waals surface area contributed by atoms with Crippen molar-refractivity contribution in [2.24, 2.45) is 0 Å². The second-order valence-corrected chi connectivity index (χ2v) is 19.0. The average Bonchev–Trinajstić information content (AvgIpc) is 3.34. The highest BCUT2D eigenvalue weighted by molar-refractivity contribution is 5.70. The zero-order valence-electron chi connectivity index (χ0n) is 44.6. The van der Waals surface area contributed by atoms with Crippen LogP contribution in [-0.4, -0.2) is 36.4 Å². The van der Waals surface area contributed by atoms with E-state index in [1.165, 1.54) is 148 Å². The predicted octanol–water partition coefficient (Wildman–Crippen LogP) is 19.5. The van der Waals surface area contributed by atoms with Crippen LogP contribution in [0.1, 0.15) is 271 Å². The maximum atomic E-state index is 12.3. The van der Waals surface area contributed by atoms with Crippen LogP contribution < -0.4 is 0 Å². The van der Waals surface area contributed by atoms with Gasteiger partial charge in [0.1, 0.15) is 6.61 Å². The zero-order valence-corrected chi connectivity index (χ0v) is 44.6. The normalized spacial score (nSPS) is 12.9. The third-order valence-electron chi connectivity index (χ3n) is 12.4. The van der Waals surface area contributed by atoms with Crippen molar-refractivity contribution >= 4 is 11.9 Å². The molecular formula is C63H108O5. The van der Waals surface area contributed by atoms with Gasteiger partial charge in [-0.2, -0.15) is 0 Å². The van der Waals surface area contributed by atoms with Gasteiger partial charge in [-0.3, -0.25) is 9.59 Å². The third-order valence-corrected chi connectivity index (χ3v) is 12.4. The lowest BCUT2D eigenvalue weighted by atomic mass is 10.0. The van der Waals surface area contributed by atoms with Gasteiger partial charge in [0.05, 0.1) is 6.61 Å². The molecule has 0 saturated heterocycles. The van der Waals surface area contributed by atoms with Crippen molar-refractivity contribution in [1.29, 1.82) is 0 Å². The van der Waals surface area contributed by atoms with Crippen molar-refractivity contribution in [2.45, 2.75) is 277 Å². The van der Waals surface area contributed by atoms with E-state index in [9.17, 15) is 14.7 Å². The highest BCUT2D eigenvalue weighted by atomic mass is 16.6. The number of rotatable bonds is 52. The number of unbranched alkanes of at least 4 members (excludes halogenated alkanes) is 28. The van der Waals surface area contributed by atoms with Crippen molar-refractivity contribution in [3.8, 4) is 0 Å². The highest BCUT2D eigenvalue weighted by Gasteiger charge is 2.16. The summed E-state index contributed by atoms with van der Waals surface area (Å²) in [5.74, 6) is -0.620. The lowest BCUT2D eigenvalue weighted by Crippen LogP contribution is -2.28. The molecule has 0 aromatic carbocycles. The fraction of sp³-hybridized carbons (Fsp3) is 0.714. The maximum Gasteiger partial charge on any atom is 0.306 e. The van der Waals surface area contributed by atoms with Crippen molar-refractivity contribution in [3.05, 3.63) is 97.2 Å². The maximum absolute atomic E-state index is 12.3. The molecule has 0 aliphatic rings. The van der Waals surface area contributed by atoms with Crippen LogP contribution in [-0.2, 0) is 19.1 Å². The quantitative estimate of drug-likeness (QED) is 0.0374. The molecule has 0 aliphatic heterocycles. The number of carbonyl (C=O) groups is 2. The monoisotopic (exact) mass is 945 g/mol. The summed E-state index contributed by atoms with van der Waals surface area (Å²) in [6.45, 7) is 3.89. The molecule has 0 radical (unpaired) electrons. The van der Waals surface area contributed by atoms with Gasteiger partial charge in [-0.15, -0.1) is 0 Å². The van der Waals surface area contributed by atoms with Gasteiger partial charge in [0.2, 0.25) is 0 Å². The average molecular weight is 946 g/mol. The molecule has 0 rings (SSSR count). The SMILES string of the molecule is CC/C=C\C/C=C\C/C=C\C/C=C\C/C=C\CCCCCCCCCCCCCCCCCCCCCCCCCCCC(=O)OC(CO)COC(=O)CCCCC/C=C\C/C=C\C/C=C\CC. The van der Waals surface area contributed by atoms with Crippen LogP contribution in [0, 0.1) is 0 Å². The van der Waals surface area contributed by atoms with E-state index in [1.54, 1.807) is 0 Å². The second kappa shape index (κ2) is 58.1. The zero-order chi connectivity index (χ0) is 49.2. The Labute approximate surface area is 421 Å². The summed E-state index contributed by atoms with van der Waals surface area (Å²) in [7, 11) is 0. The first-order valence-corrected chi connectivity index (χ1v) is 28.8. The Balaban J connectivity index is 3.41. The second-order valence-electron chi connectivity index (χ2n) is 19.0. The van der Waals surface area contributed by atoms with E-state index >= 15 is 0 Å². The first-order chi connectivity index (χ1) is 33.6. The molecule has 5 nitrogen and oxygen atoms in total. The lowest BCUT2D eigenvalue weighted by molar-refractivity contribution is -0.161. The highest BCUT2D eigenvalue weighted by Crippen LogP contribution is 2.17. The largest absolute Gasteiger partial charge is 0.462 e. The third kappa shape index (κ3) is 55.4. The minimum absolute atomic E-state index is 0.0815. The first-order valence-electron chi connectivity index (χ1n) is 28.8. The minimum Gasteiger partial charge on any atom is -0.462 e. The van der Waals surface area contributed by atoms with E-state index < -0.39 is 6.10 Å². The molecule has 0 aliphatic carbocycles. The number of allylic oxidation sites excluding steroid dienone is 16. The molecule has 390 valence electrons. The van der Waals surface area contributed by atoms with E-state index in [-0.39, 0.29) is 25.2 Å². The smallest absolute Gasteiger partial charge is 0.306 e. The number of esters is 2. The van der Waals surface area contributed by atoms with Gasteiger partial charge in [-0.25, -0.2) is 0 Å².